The largest absolute Gasteiger partial charge is 0.396 e. The molecule has 2 unspecified atom stereocenters. The summed E-state index contributed by atoms with van der Waals surface area (Å²) in [5.74, 6) is 0.461. The van der Waals surface area contributed by atoms with Crippen LogP contribution in [0.3, 0.4) is 0 Å². The van der Waals surface area contributed by atoms with Crippen LogP contribution in [-0.2, 0) is 6.54 Å². The molecule has 1 aromatic carbocycles. The van der Waals surface area contributed by atoms with Gasteiger partial charge in [0.15, 0.2) is 0 Å². The molecule has 1 aliphatic rings. The maximum absolute atomic E-state index is 9.21. The topological polar surface area (TPSA) is 43.7 Å². The van der Waals surface area contributed by atoms with E-state index >= 15 is 0 Å². The minimum absolute atomic E-state index is 0.177. The molecule has 0 bridgehead atoms. The zero-order valence-electron chi connectivity index (χ0n) is 9.42. The van der Waals surface area contributed by atoms with Crippen molar-refractivity contribution in [1.82, 2.24) is 4.90 Å². The molecule has 3 heteroatoms. The van der Waals surface area contributed by atoms with E-state index in [0.717, 1.165) is 19.6 Å². The van der Waals surface area contributed by atoms with E-state index in [1.165, 1.54) is 5.56 Å². The molecule has 0 spiro atoms. The predicted octanol–water partition coefficient (Wildman–Crippen LogP) is 0.719. The highest BCUT2D eigenvalue weighted by Gasteiger charge is 2.31. The Balaban J connectivity index is 1.93. The molecular formula is C13H19NO2. The Bertz CT molecular complexity index is 303. The Morgan fingerprint density at radius 1 is 1.00 bits per heavy atom. The maximum atomic E-state index is 9.21. The van der Waals surface area contributed by atoms with Crippen LogP contribution in [0.25, 0.3) is 0 Å². The molecule has 0 aliphatic carbocycles. The predicted molar refractivity (Wildman–Crippen MR) is 62.9 cm³/mol. The van der Waals surface area contributed by atoms with E-state index in [1.54, 1.807) is 0 Å². The Kier molecular flexibility index (Phi) is 3.93. The number of likely N-dealkylation sites (tertiary alicyclic amines) is 1. The molecule has 0 radical (unpaired) electrons. The normalized spacial score (nSPS) is 26.1. The fourth-order valence-electron chi connectivity index (χ4n) is 2.42. The summed E-state index contributed by atoms with van der Waals surface area (Å²) in [4.78, 5) is 2.30. The van der Waals surface area contributed by atoms with E-state index in [2.05, 4.69) is 17.0 Å². The van der Waals surface area contributed by atoms with Gasteiger partial charge in [-0.05, 0) is 5.56 Å². The third-order valence-electron chi connectivity index (χ3n) is 3.37. The van der Waals surface area contributed by atoms with Crippen molar-refractivity contribution < 1.29 is 10.2 Å². The Labute approximate surface area is 96.3 Å². The van der Waals surface area contributed by atoms with Crippen LogP contribution in [0.15, 0.2) is 30.3 Å². The number of rotatable bonds is 4. The fourth-order valence-corrected chi connectivity index (χ4v) is 2.42. The first-order valence-corrected chi connectivity index (χ1v) is 5.81. The highest BCUT2D eigenvalue weighted by molar-refractivity contribution is 5.14. The van der Waals surface area contributed by atoms with Crippen LogP contribution >= 0.6 is 0 Å². The van der Waals surface area contributed by atoms with E-state index in [4.69, 9.17) is 0 Å². The maximum Gasteiger partial charge on any atom is 0.0475 e. The van der Waals surface area contributed by atoms with Crippen molar-refractivity contribution in [3.8, 4) is 0 Å². The second-order valence-corrected chi connectivity index (χ2v) is 4.56. The number of hydrogen-bond donors (Lipinski definition) is 2. The van der Waals surface area contributed by atoms with Crippen LogP contribution in [0.2, 0.25) is 0 Å². The summed E-state index contributed by atoms with van der Waals surface area (Å²) >= 11 is 0. The monoisotopic (exact) mass is 221 g/mol. The van der Waals surface area contributed by atoms with Crippen LogP contribution in [0.1, 0.15) is 5.56 Å². The van der Waals surface area contributed by atoms with Crippen LogP contribution in [-0.4, -0.2) is 41.4 Å². The Morgan fingerprint density at radius 2 is 1.56 bits per heavy atom. The van der Waals surface area contributed by atoms with Crippen molar-refractivity contribution in [2.45, 2.75) is 6.54 Å². The summed E-state index contributed by atoms with van der Waals surface area (Å²) in [6, 6.07) is 10.3. The molecule has 2 rings (SSSR count). The zero-order chi connectivity index (χ0) is 11.4. The van der Waals surface area contributed by atoms with Crippen molar-refractivity contribution in [1.29, 1.82) is 0 Å². The molecule has 1 saturated heterocycles. The zero-order valence-corrected chi connectivity index (χ0v) is 9.42. The van der Waals surface area contributed by atoms with Gasteiger partial charge in [0.05, 0.1) is 0 Å². The van der Waals surface area contributed by atoms with Gasteiger partial charge in [-0.1, -0.05) is 30.3 Å². The van der Waals surface area contributed by atoms with Crippen molar-refractivity contribution in [3.05, 3.63) is 35.9 Å². The summed E-state index contributed by atoms with van der Waals surface area (Å²) in [7, 11) is 0. The quantitative estimate of drug-likeness (QED) is 0.787. The molecule has 88 valence electrons. The van der Waals surface area contributed by atoms with E-state index in [9.17, 15) is 10.2 Å². The van der Waals surface area contributed by atoms with Crippen molar-refractivity contribution in [3.63, 3.8) is 0 Å². The third kappa shape index (κ3) is 2.61. The molecule has 0 aromatic heterocycles. The summed E-state index contributed by atoms with van der Waals surface area (Å²) < 4.78 is 0. The lowest BCUT2D eigenvalue weighted by atomic mass is 9.98. The smallest absolute Gasteiger partial charge is 0.0475 e. The number of nitrogens with zero attached hydrogens (tertiary/aromatic N) is 1. The molecule has 2 atom stereocenters. The highest BCUT2D eigenvalue weighted by Crippen LogP contribution is 2.23. The standard InChI is InChI=1S/C13H19NO2/c15-9-12-7-14(8-13(12)10-16)6-11-4-2-1-3-5-11/h1-5,12-13,15-16H,6-10H2. The third-order valence-corrected chi connectivity index (χ3v) is 3.37. The second kappa shape index (κ2) is 5.43. The lowest BCUT2D eigenvalue weighted by Gasteiger charge is -2.15. The van der Waals surface area contributed by atoms with Crippen molar-refractivity contribution in [2.24, 2.45) is 11.8 Å². The Morgan fingerprint density at radius 3 is 2.06 bits per heavy atom. The summed E-state index contributed by atoms with van der Waals surface area (Å²) in [6.45, 7) is 3.04. The van der Waals surface area contributed by atoms with E-state index in [1.807, 2.05) is 18.2 Å². The number of benzene rings is 1. The molecule has 1 fully saturated rings. The van der Waals surface area contributed by atoms with Crippen LogP contribution in [0.5, 0.6) is 0 Å². The summed E-state index contributed by atoms with van der Waals surface area (Å²) in [5.41, 5.74) is 1.29. The molecule has 2 N–H and O–H groups in total. The van der Waals surface area contributed by atoms with Crippen molar-refractivity contribution >= 4 is 0 Å². The van der Waals surface area contributed by atoms with Gasteiger partial charge in [0.25, 0.3) is 0 Å². The lowest BCUT2D eigenvalue weighted by Crippen LogP contribution is -2.20. The van der Waals surface area contributed by atoms with Gasteiger partial charge in [0, 0.05) is 44.7 Å². The van der Waals surface area contributed by atoms with Crippen LogP contribution in [0.4, 0.5) is 0 Å². The summed E-state index contributed by atoms with van der Waals surface area (Å²) in [5, 5.41) is 18.4. The molecular weight excluding hydrogens is 202 g/mol. The lowest BCUT2D eigenvalue weighted by molar-refractivity contribution is 0.152. The minimum atomic E-state index is 0.177. The first-order valence-electron chi connectivity index (χ1n) is 5.81. The van der Waals surface area contributed by atoms with E-state index in [0.29, 0.717) is 0 Å². The van der Waals surface area contributed by atoms with Gasteiger partial charge in [-0.2, -0.15) is 0 Å². The summed E-state index contributed by atoms with van der Waals surface area (Å²) in [6.07, 6.45) is 0. The number of aliphatic hydroxyl groups excluding tert-OH is 2. The molecule has 1 aliphatic heterocycles. The van der Waals surface area contributed by atoms with Gasteiger partial charge in [-0.3, -0.25) is 4.90 Å². The van der Waals surface area contributed by atoms with E-state index in [-0.39, 0.29) is 25.0 Å². The first-order chi connectivity index (χ1) is 7.83. The molecule has 0 amide bonds. The fraction of sp³-hybridized carbons (Fsp3) is 0.538. The highest BCUT2D eigenvalue weighted by atomic mass is 16.3. The van der Waals surface area contributed by atoms with Gasteiger partial charge in [-0.15, -0.1) is 0 Å². The molecule has 3 nitrogen and oxygen atoms in total. The average molecular weight is 221 g/mol. The van der Waals surface area contributed by atoms with Gasteiger partial charge >= 0.3 is 0 Å². The van der Waals surface area contributed by atoms with Gasteiger partial charge in [0.2, 0.25) is 0 Å². The van der Waals surface area contributed by atoms with Crippen LogP contribution < -0.4 is 0 Å². The van der Waals surface area contributed by atoms with Gasteiger partial charge in [-0.25, -0.2) is 0 Å². The number of aliphatic hydroxyl groups is 2. The van der Waals surface area contributed by atoms with Crippen molar-refractivity contribution in [2.75, 3.05) is 26.3 Å². The first kappa shape index (κ1) is 11.6. The average Bonchev–Trinajstić information content (AvgIpc) is 2.72. The molecule has 1 aromatic rings. The Hall–Kier alpha value is -0.900. The molecule has 16 heavy (non-hydrogen) atoms. The molecule has 1 heterocycles. The van der Waals surface area contributed by atoms with E-state index < -0.39 is 0 Å². The second-order valence-electron chi connectivity index (χ2n) is 4.56. The van der Waals surface area contributed by atoms with Gasteiger partial charge in [0.1, 0.15) is 0 Å². The number of hydrogen-bond acceptors (Lipinski definition) is 3. The molecule has 0 saturated carbocycles. The van der Waals surface area contributed by atoms with Gasteiger partial charge < -0.3 is 10.2 Å². The van der Waals surface area contributed by atoms with Crippen LogP contribution in [0, 0.1) is 11.8 Å². The SMILES string of the molecule is OCC1CN(Cc2ccccc2)CC1CO. The minimum Gasteiger partial charge on any atom is -0.396 e.